The molecule has 1 aromatic carbocycles. The molecule has 0 saturated carbocycles. The monoisotopic (exact) mass is 316 g/mol. The zero-order valence-corrected chi connectivity index (χ0v) is 14.2. The third-order valence-electron chi connectivity index (χ3n) is 3.48. The van der Waals surface area contributed by atoms with Crippen molar-refractivity contribution in [2.45, 2.75) is 32.6 Å². The molecule has 2 rings (SSSR count). The van der Waals surface area contributed by atoms with Crippen LogP contribution in [0.1, 0.15) is 37.0 Å². The van der Waals surface area contributed by atoms with Gasteiger partial charge in [0, 0.05) is 38.7 Å². The van der Waals surface area contributed by atoms with Gasteiger partial charge < -0.3 is 14.7 Å². The van der Waals surface area contributed by atoms with Crippen molar-refractivity contribution in [2.24, 2.45) is 0 Å². The van der Waals surface area contributed by atoms with Gasteiger partial charge in [0.05, 0.1) is 6.42 Å². The summed E-state index contributed by atoms with van der Waals surface area (Å²) in [5.41, 5.74) is 2.11. The van der Waals surface area contributed by atoms with Crippen LogP contribution in [-0.4, -0.2) is 36.7 Å². The lowest BCUT2D eigenvalue weighted by molar-refractivity contribution is -0.120. The summed E-state index contributed by atoms with van der Waals surface area (Å²) < 4.78 is 5.14. The largest absolute Gasteiger partial charge is 0.378 e. The second kappa shape index (κ2) is 7.76. The molecule has 1 aromatic heterocycles. The van der Waals surface area contributed by atoms with Crippen LogP contribution in [0.3, 0.4) is 0 Å². The molecule has 0 aliphatic carbocycles. The van der Waals surface area contributed by atoms with Crippen LogP contribution in [0.2, 0.25) is 0 Å². The Morgan fingerprint density at radius 1 is 1.26 bits per heavy atom. The Morgan fingerprint density at radius 3 is 2.52 bits per heavy atom. The van der Waals surface area contributed by atoms with E-state index >= 15 is 0 Å². The molecule has 0 aliphatic rings. The maximum atomic E-state index is 11.9. The van der Waals surface area contributed by atoms with Crippen LogP contribution >= 0.6 is 0 Å². The van der Waals surface area contributed by atoms with Gasteiger partial charge in [-0.05, 0) is 17.7 Å². The van der Waals surface area contributed by atoms with E-state index in [0.717, 1.165) is 11.3 Å². The number of nitrogens with one attached hydrogen (secondary N) is 1. The number of hydrogen-bond donors (Lipinski definition) is 1. The van der Waals surface area contributed by atoms with Gasteiger partial charge in [-0.3, -0.25) is 4.79 Å². The lowest BCUT2D eigenvalue weighted by Gasteiger charge is -2.12. The maximum Gasteiger partial charge on any atom is 0.228 e. The summed E-state index contributed by atoms with van der Waals surface area (Å²) in [6.07, 6.45) is 0.916. The number of nitrogens with zero attached hydrogens (tertiary/aromatic N) is 3. The maximum absolute atomic E-state index is 11.9. The van der Waals surface area contributed by atoms with Gasteiger partial charge >= 0.3 is 0 Å². The van der Waals surface area contributed by atoms with E-state index in [0.29, 0.717) is 31.1 Å². The number of carbonyl (C=O) groups excluding carboxylic acids is 1. The average Bonchev–Trinajstić information content (AvgIpc) is 2.97. The number of amides is 1. The van der Waals surface area contributed by atoms with Crippen molar-refractivity contribution in [3.8, 4) is 0 Å². The van der Waals surface area contributed by atoms with Crippen molar-refractivity contribution in [1.29, 1.82) is 0 Å². The number of anilines is 1. The fraction of sp³-hybridized carbons (Fsp3) is 0.471. The summed E-state index contributed by atoms with van der Waals surface area (Å²) in [5, 5.41) is 6.78. The highest BCUT2D eigenvalue weighted by Gasteiger charge is 2.10. The van der Waals surface area contributed by atoms with Crippen LogP contribution in [0.4, 0.5) is 5.69 Å². The first-order valence-corrected chi connectivity index (χ1v) is 7.81. The van der Waals surface area contributed by atoms with Gasteiger partial charge in [-0.25, -0.2) is 0 Å². The minimum atomic E-state index is -0.00815. The lowest BCUT2D eigenvalue weighted by atomic mass is 10.1. The fourth-order valence-corrected chi connectivity index (χ4v) is 2.07. The fourth-order valence-electron chi connectivity index (χ4n) is 2.07. The summed E-state index contributed by atoms with van der Waals surface area (Å²) in [5.74, 6) is 1.50. The molecule has 124 valence electrons. The van der Waals surface area contributed by atoms with Gasteiger partial charge in [0.1, 0.15) is 0 Å². The molecule has 6 heteroatoms. The molecule has 0 aliphatic heterocycles. The molecule has 6 nitrogen and oxygen atoms in total. The Labute approximate surface area is 136 Å². The van der Waals surface area contributed by atoms with E-state index in [1.54, 1.807) is 0 Å². The highest BCUT2D eigenvalue weighted by Crippen LogP contribution is 2.12. The molecule has 0 unspecified atom stereocenters. The van der Waals surface area contributed by atoms with Gasteiger partial charge in [-0.2, -0.15) is 4.98 Å². The molecule has 23 heavy (non-hydrogen) atoms. The smallest absolute Gasteiger partial charge is 0.228 e. The van der Waals surface area contributed by atoms with Crippen molar-refractivity contribution in [2.75, 3.05) is 25.5 Å². The van der Waals surface area contributed by atoms with Gasteiger partial charge in [-0.15, -0.1) is 0 Å². The summed E-state index contributed by atoms with van der Waals surface area (Å²) in [4.78, 5) is 18.3. The van der Waals surface area contributed by atoms with E-state index in [1.165, 1.54) is 0 Å². The van der Waals surface area contributed by atoms with Crippen LogP contribution in [0.15, 0.2) is 28.8 Å². The van der Waals surface area contributed by atoms with Crippen molar-refractivity contribution < 1.29 is 9.32 Å². The van der Waals surface area contributed by atoms with Crippen LogP contribution in [0, 0.1) is 0 Å². The number of hydrogen-bond acceptors (Lipinski definition) is 5. The second-order valence-electron chi connectivity index (χ2n) is 6.04. The molecule has 0 radical (unpaired) electrons. The molecule has 1 heterocycles. The highest BCUT2D eigenvalue weighted by atomic mass is 16.5. The lowest BCUT2D eigenvalue weighted by Crippen LogP contribution is -2.27. The number of benzene rings is 1. The number of aromatic nitrogens is 2. The van der Waals surface area contributed by atoms with Crippen molar-refractivity contribution in [3.63, 3.8) is 0 Å². The van der Waals surface area contributed by atoms with Crippen molar-refractivity contribution in [3.05, 3.63) is 41.5 Å². The zero-order chi connectivity index (χ0) is 16.8. The topological polar surface area (TPSA) is 71.3 Å². The minimum Gasteiger partial charge on any atom is -0.378 e. The molecular formula is C17H24N4O2. The normalized spacial score (nSPS) is 10.8. The van der Waals surface area contributed by atoms with Crippen LogP contribution < -0.4 is 10.2 Å². The molecule has 0 fully saturated rings. The Bertz CT molecular complexity index is 632. The van der Waals surface area contributed by atoms with E-state index in [9.17, 15) is 4.79 Å². The number of rotatable bonds is 7. The SMILES string of the molecule is CC(C)c1noc(CCNC(=O)Cc2ccc(N(C)C)cc2)n1. The molecule has 0 spiro atoms. The van der Waals surface area contributed by atoms with E-state index in [1.807, 2.05) is 57.1 Å². The van der Waals surface area contributed by atoms with E-state index < -0.39 is 0 Å². The zero-order valence-electron chi connectivity index (χ0n) is 14.2. The highest BCUT2D eigenvalue weighted by molar-refractivity contribution is 5.78. The minimum absolute atomic E-state index is 0.00815. The van der Waals surface area contributed by atoms with Crippen LogP contribution in [0.25, 0.3) is 0 Å². The van der Waals surface area contributed by atoms with Gasteiger partial charge in [-0.1, -0.05) is 31.1 Å². The molecule has 2 aromatic rings. The summed E-state index contributed by atoms with van der Waals surface area (Å²) in [6.45, 7) is 4.52. The first-order chi connectivity index (χ1) is 11.0. The molecule has 0 saturated heterocycles. The van der Waals surface area contributed by atoms with E-state index in [2.05, 4.69) is 15.5 Å². The Hall–Kier alpha value is -2.37. The number of carbonyl (C=O) groups is 1. The summed E-state index contributed by atoms with van der Waals surface area (Å²) in [6, 6.07) is 7.96. The Balaban J connectivity index is 1.76. The van der Waals surface area contributed by atoms with Crippen LogP contribution in [0.5, 0.6) is 0 Å². The molecule has 0 atom stereocenters. The molecule has 1 amide bonds. The Morgan fingerprint density at radius 2 is 1.96 bits per heavy atom. The predicted molar refractivity (Wildman–Crippen MR) is 89.6 cm³/mol. The third-order valence-corrected chi connectivity index (χ3v) is 3.48. The van der Waals surface area contributed by atoms with Gasteiger partial charge in [0.15, 0.2) is 5.82 Å². The van der Waals surface area contributed by atoms with Gasteiger partial charge in [0.2, 0.25) is 11.8 Å². The first kappa shape index (κ1) is 17.0. The van der Waals surface area contributed by atoms with Crippen molar-refractivity contribution in [1.82, 2.24) is 15.5 Å². The summed E-state index contributed by atoms with van der Waals surface area (Å²) >= 11 is 0. The predicted octanol–water partition coefficient (Wildman–Crippen LogP) is 2.16. The van der Waals surface area contributed by atoms with Crippen LogP contribution in [-0.2, 0) is 17.6 Å². The molecule has 0 bridgehead atoms. The second-order valence-corrected chi connectivity index (χ2v) is 6.04. The van der Waals surface area contributed by atoms with Gasteiger partial charge in [0.25, 0.3) is 0 Å². The quantitative estimate of drug-likeness (QED) is 0.847. The van der Waals surface area contributed by atoms with E-state index in [-0.39, 0.29) is 11.8 Å². The Kier molecular flexibility index (Phi) is 5.73. The van der Waals surface area contributed by atoms with E-state index in [4.69, 9.17) is 4.52 Å². The molecule has 1 N–H and O–H groups in total. The average molecular weight is 316 g/mol. The summed E-state index contributed by atoms with van der Waals surface area (Å²) in [7, 11) is 3.98. The third kappa shape index (κ3) is 5.09. The molecular weight excluding hydrogens is 292 g/mol. The first-order valence-electron chi connectivity index (χ1n) is 7.81. The standard InChI is InChI=1S/C17H24N4O2/c1-12(2)17-19-16(23-20-17)9-10-18-15(22)11-13-5-7-14(8-6-13)21(3)4/h5-8,12H,9-11H2,1-4H3,(H,18,22). The van der Waals surface area contributed by atoms with Crippen molar-refractivity contribution >= 4 is 11.6 Å².